The summed E-state index contributed by atoms with van der Waals surface area (Å²) >= 11 is 0. The highest BCUT2D eigenvalue weighted by Gasteiger charge is 2.36. The second-order valence-corrected chi connectivity index (χ2v) is 5.87. The number of amides is 4. The van der Waals surface area contributed by atoms with Gasteiger partial charge in [-0.1, -0.05) is 0 Å². The molecule has 0 bridgehead atoms. The molecule has 0 unspecified atom stereocenters. The lowest BCUT2D eigenvalue weighted by atomic mass is 10.1. The van der Waals surface area contributed by atoms with Gasteiger partial charge in [0.05, 0.1) is 12.8 Å². The number of nitrogens with zero attached hydrogens (tertiary/aromatic N) is 4. The molecule has 1 aromatic carbocycles. The van der Waals surface area contributed by atoms with Gasteiger partial charge in [0.25, 0.3) is 11.8 Å². The third-order valence-electron chi connectivity index (χ3n) is 3.80. The normalized spacial score (nSPS) is 15.7. The van der Waals surface area contributed by atoms with E-state index in [9.17, 15) is 14.4 Å². The number of carbonyl (C=O) groups is 3. The molecule has 3 rings (SSSR count). The summed E-state index contributed by atoms with van der Waals surface area (Å²) in [6.07, 6.45) is 4.33. The van der Waals surface area contributed by atoms with E-state index < -0.39 is 17.8 Å². The second-order valence-electron chi connectivity index (χ2n) is 5.87. The number of imide groups is 2. The van der Waals surface area contributed by atoms with Crippen LogP contribution in [0.5, 0.6) is 5.75 Å². The van der Waals surface area contributed by atoms with E-state index in [1.165, 1.54) is 25.6 Å². The molecule has 0 saturated carbocycles. The number of benzene rings is 1. The Morgan fingerprint density at radius 1 is 1.07 bits per heavy atom. The molecule has 1 fully saturated rings. The van der Waals surface area contributed by atoms with E-state index in [1.807, 2.05) is 0 Å². The number of urea groups is 1. The highest BCUT2D eigenvalue weighted by Crippen LogP contribution is 2.24. The maximum atomic E-state index is 12.8. The molecule has 2 aromatic rings. The van der Waals surface area contributed by atoms with Gasteiger partial charge in [0.1, 0.15) is 11.3 Å². The first kappa shape index (κ1) is 18.1. The average Bonchev–Trinajstić information content (AvgIpc) is 2.66. The largest absolute Gasteiger partial charge is 0.497 e. The van der Waals surface area contributed by atoms with E-state index in [0.29, 0.717) is 22.9 Å². The number of aromatic nitrogens is 2. The van der Waals surface area contributed by atoms with Crippen molar-refractivity contribution in [3.63, 3.8) is 0 Å². The molecule has 0 radical (unpaired) electrons. The van der Waals surface area contributed by atoms with Crippen LogP contribution in [0, 0.1) is 0 Å². The van der Waals surface area contributed by atoms with Crippen LogP contribution in [-0.2, 0) is 9.59 Å². The highest BCUT2D eigenvalue weighted by molar-refractivity contribution is 6.39. The topological polar surface area (TPSA) is 105 Å². The molecule has 1 aromatic heterocycles. The Labute approximate surface area is 155 Å². The fourth-order valence-electron chi connectivity index (χ4n) is 2.43. The standard InChI is InChI=1S/C18H17N5O4/c1-22(2)17-19-9-11(10-20-17)8-14-15(24)21-18(26)23(16(14)25)12-4-6-13(27-3)7-5-12/h4-10H,1-3H3,(H,21,24,26)/b14-8+. The summed E-state index contributed by atoms with van der Waals surface area (Å²) in [4.78, 5) is 48.0. The smallest absolute Gasteiger partial charge is 0.335 e. The van der Waals surface area contributed by atoms with Crippen molar-refractivity contribution < 1.29 is 19.1 Å². The summed E-state index contributed by atoms with van der Waals surface area (Å²) < 4.78 is 5.07. The zero-order valence-corrected chi connectivity index (χ0v) is 15.0. The van der Waals surface area contributed by atoms with Crippen molar-refractivity contribution in [3.8, 4) is 5.75 Å². The molecule has 1 saturated heterocycles. The molecule has 0 spiro atoms. The number of methoxy groups -OCH3 is 1. The lowest BCUT2D eigenvalue weighted by molar-refractivity contribution is -0.122. The van der Waals surface area contributed by atoms with Gasteiger partial charge in [0, 0.05) is 32.1 Å². The Balaban J connectivity index is 1.93. The number of hydrogen-bond donors (Lipinski definition) is 1. The van der Waals surface area contributed by atoms with Gasteiger partial charge >= 0.3 is 6.03 Å². The number of rotatable bonds is 4. The Bertz CT molecular complexity index is 920. The number of carbonyl (C=O) groups excluding carboxylic acids is 3. The fraction of sp³-hybridized carbons (Fsp3) is 0.167. The van der Waals surface area contributed by atoms with Gasteiger partial charge in [0.2, 0.25) is 5.95 Å². The molecular formula is C18H17N5O4. The van der Waals surface area contributed by atoms with Crippen LogP contribution >= 0.6 is 0 Å². The van der Waals surface area contributed by atoms with Crippen LogP contribution in [0.3, 0.4) is 0 Å². The van der Waals surface area contributed by atoms with E-state index in [2.05, 4.69) is 15.3 Å². The van der Waals surface area contributed by atoms with Gasteiger partial charge in [-0.05, 0) is 30.3 Å². The van der Waals surface area contributed by atoms with Gasteiger partial charge in [-0.25, -0.2) is 19.7 Å². The minimum absolute atomic E-state index is 0.188. The average molecular weight is 367 g/mol. The summed E-state index contributed by atoms with van der Waals surface area (Å²) in [6, 6.07) is 5.52. The van der Waals surface area contributed by atoms with E-state index in [-0.39, 0.29) is 5.57 Å². The molecular weight excluding hydrogens is 350 g/mol. The van der Waals surface area contributed by atoms with Gasteiger partial charge < -0.3 is 9.64 Å². The number of hydrogen-bond acceptors (Lipinski definition) is 7. The Kier molecular flexibility index (Phi) is 4.84. The van der Waals surface area contributed by atoms with E-state index >= 15 is 0 Å². The van der Waals surface area contributed by atoms with Crippen LogP contribution in [-0.4, -0.2) is 49.0 Å². The summed E-state index contributed by atoms with van der Waals surface area (Å²) in [5, 5.41) is 2.17. The van der Waals surface area contributed by atoms with Gasteiger partial charge in [-0.2, -0.15) is 0 Å². The second kappa shape index (κ2) is 7.24. The van der Waals surface area contributed by atoms with Crippen molar-refractivity contribution in [3.05, 3.63) is 47.8 Å². The van der Waals surface area contributed by atoms with Crippen LogP contribution < -0.4 is 19.9 Å². The molecule has 9 heteroatoms. The SMILES string of the molecule is COc1ccc(N2C(=O)NC(=O)/C(=C\c3cnc(N(C)C)nc3)C2=O)cc1. The van der Waals surface area contributed by atoms with Crippen molar-refractivity contribution in [1.29, 1.82) is 0 Å². The zero-order chi connectivity index (χ0) is 19.6. The predicted octanol–water partition coefficient (Wildman–Crippen LogP) is 1.22. The van der Waals surface area contributed by atoms with Crippen molar-refractivity contribution in [2.75, 3.05) is 31.0 Å². The monoisotopic (exact) mass is 367 g/mol. The maximum absolute atomic E-state index is 12.8. The lowest BCUT2D eigenvalue weighted by Gasteiger charge is -2.26. The van der Waals surface area contributed by atoms with Gasteiger partial charge in [-0.3, -0.25) is 14.9 Å². The van der Waals surface area contributed by atoms with Crippen molar-refractivity contribution in [1.82, 2.24) is 15.3 Å². The number of ether oxygens (including phenoxy) is 1. The fourth-order valence-corrected chi connectivity index (χ4v) is 2.43. The summed E-state index contributed by atoms with van der Waals surface area (Å²) in [5.74, 6) is -0.433. The molecule has 4 amide bonds. The number of barbiturate groups is 1. The van der Waals surface area contributed by atoms with Crippen LogP contribution in [0.4, 0.5) is 16.4 Å². The quantitative estimate of drug-likeness (QED) is 0.640. The predicted molar refractivity (Wildman–Crippen MR) is 98.4 cm³/mol. The van der Waals surface area contributed by atoms with Crippen LogP contribution in [0.2, 0.25) is 0 Å². The minimum Gasteiger partial charge on any atom is -0.497 e. The molecule has 0 atom stereocenters. The van der Waals surface area contributed by atoms with Crippen molar-refractivity contribution in [2.24, 2.45) is 0 Å². The molecule has 0 aliphatic carbocycles. The first-order chi connectivity index (χ1) is 12.9. The molecule has 138 valence electrons. The Morgan fingerprint density at radius 3 is 2.26 bits per heavy atom. The van der Waals surface area contributed by atoms with Crippen molar-refractivity contribution >= 4 is 35.6 Å². The first-order valence-corrected chi connectivity index (χ1v) is 7.95. The Hall–Kier alpha value is -3.75. The zero-order valence-electron chi connectivity index (χ0n) is 15.0. The van der Waals surface area contributed by atoms with E-state index in [4.69, 9.17) is 4.74 Å². The number of nitrogens with one attached hydrogen (secondary N) is 1. The highest BCUT2D eigenvalue weighted by atomic mass is 16.5. The maximum Gasteiger partial charge on any atom is 0.335 e. The third-order valence-corrected chi connectivity index (χ3v) is 3.80. The molecule has 27 heavy (non-hydrogen) atoms. The first-order valence-electron chi connectivity index (χ1n) is 7.95. The van der Waals surface area contributed by atoms with Crippen LogP contribution in [0.1, 0.15) is 5.56 Å². The molecule has 1 aliphatic heterocycles. The summed E-state index contributed by atoms with van der Waals surface area (Å²) in [6.45, 7) is 0. The van der Waals surface area contributed by atoms with Gasteiger partial charge in [0.15, 0.2) is 0 Å². The van der Waals surface area contributed by atoms with Gasteiger partial charge in [-0.15, -0.1) is 0 Å². The molecule has 9 nitrogen and oxygen atoms in total. The minimum atomic E-state index is -0.813. The van der Waals surface area contributed by atoms with E-state index in [1.54, 1.807) is 43.3 Å². The molecule has 1 aliphatic rings. The van der Waals surface area contributed by atoms with Crippen LogP contribution in [0.15, 0.2) is 42.2 Å². The Morgan fingerprint density at radius 2 is 1.70 bits per heavy atom. The lowest BCUT2D eigenvalue weighted by Crippen LogP contribution is -2.54. The summed E-state index contributed by atoms with van der Waals surface area (Å²) in [5.41, 5.74) is 0.589. The number of anilines is 2. The summed E-state index contributed by atoms with van der Waals surface area (Å²) in [7, 11) is 5.10. The van der Waals surface area contributed by atoms with Crippen LogP contribution in [0.25, 0.3) is 6.08 Å². The van der Waals surface area contributed by atoms with E-state index in [0.717, 1.165) is 4.90 Å². The van der Waals surface area contributed by atoms with Crippen molar-refractivity contribution in [2.45, 2.75) is 0 Å². The third kappa shape index (κ3) is 3.61. The molecule has 2 heterocycles. The molecule has 1 N–H and O–H groups in total.